The van der Waals surface area contributed by atoms with E-state index in [1.807, 2.05) is 0 Å². The Morgan fingerprint density at radius 1 is 0.969 bits per heavy atom. The van der Waals surface area contributed by atoms with Crippen LogP contribution in [0.5, 0.6) is 11.5 Å². The zero-order chi connectivity index (χ0) is 22.7. The molecule has 1 aliphatic rings. The Bertz CT molecular complexity index is 1310. The molecule has 0 saturated heterocycles. The molecule has 0 atom stereocenters. The van der Waals surface area contributed by atoms with Crippen molar-refractivity contribution in [3.63, 3.8) is 0 Å². The number of rotatable bonds is 6. The van der Waals surface area contributed by atoms with Crippen molar-refractivity contribution in [2.75, 3.05) is 11.5 Å². The fourth-order valence-corrected chi connectivity index (χ4v) is 4.15. The molecule has 0 spiro atoms. The molecule has 1 amide bonds. The minimum Gasteiger partial charge on any atom is -0.454 e. The average Bonchev–Trinajstić information content (AvgIpc) is 3.26. The Hall–Kier alpha value is -3.56. The number of anilines is 1. The Morgan fingerprint density at radius 3 is 2.50 bits per heavy atom. The minimum atomic E-state index is -3.90. The lowest BCUT2D eigenvalue weighted by atomic mass is 10.1. The third-order valence-corrected chi connectivity index (χ3v) is 6.25. The number of nitrogens with zero attached hydrogens (tertiary/aromatic N) is 1. The second kappa shape index (κ2) is 8.89. The third kappa shape index (κ3) is 4.84. The molecule has 3 aromatic rings. The van der Waals surface area contributed by atoms with Crippen LogP contribution in [0.15, 0.2) is 76.7 Å². The number of carbonyl (C=O) groups is 1. The van der Waals surface area contributed by atoms with E-state index in [-0.39, 0.29) is 17.3 Å². The van der Waals surface area contributed by atoms with Gasteiger partial charge in [-0.2, -0.15) is 5.10 Å². The number of hydrazone groups is 1. The number of halogens is 1. The number of amides is 1. The molecule has 4 rings (SSSR count). The first-order valence-corrected chi connectivity index (χ1v) is 11.3. The largest absolute Gasteiger partial charge is 0.454 e. The summed E-state index contributed by atoms with van der Waals surface area (Å²) in [5.74, 6) is 0.707. The zero-order valence-electron chi connectivity index (χ0n) is 16.8. The van der Waals surface area contributed by atoms with Crippen LogP contribution in [0.25, 0.3) is 0 Å². The van der Waals surface area contributed by atoms with Crippen LogP contribution in [0.2, 0.25) is 5.02 Å². The van der Waals surface area contributed by atoms with E-state index in [0.29, 0.717) is 27.9 Å². The maximum absolute atomic E-state index is 12.7. The van der Waals surface area contributed by atoms with Crippen molar-refractivity contribution in [3.05, 3.63) is 82.9 Å². The summed E-state index contributed by atoms with van der Waals surface area (Å²) in [4.78, 5) is 12.5. The quantitative estimate of drug-likeness (QED) is 0.417. The Kier molecular flexibility index (Phi) is 6.02. The van der Waals surface area contributed by atoms with Crippen LogP contribution in [-0.4, -0.2) is 26.8 Å². The molecule has 0 saturated carbocycles. The van der Waals surface area contributed by atoms with Crippen LogP contribution < -0.4 is 19.6 Å². The summed E-state index contributed by atoms with van der Waals surface area (Å²) in [5.41, 5.74) is 4.24. The summed E-state index contributed by atoms with van der Waals surface area (Å²) in [6.07, 6.45) is 0. The summed E-state index contributed by atoms with van der Waals surface area (Å²) in [6, 6.07) is 17.2. The number of hydrogen-bond donors (Lipinski definition) is 2. The standard InChI is InChI=1S/C22H18ClN3O5S/c1-14(15-5-10-20-21(12-15)31-13-30-20)24-25-22(27)16-3-2-4-19(11-16)32(28,29)26-18-8-6-17(23)7-9-18/h2-12,26H,13H2,1H3,(H,25,27). The van der Waals surface area contributed by atoms with Crippen LogP contribution >= 0.6 is 11.6 Å². The smallest absolute Gasteiger partial charge is 0.271 e. The van der Waals surface area contributed by atoms with Gasteiger partial charge in [-0.05, 0) is 67.6 Å². The van der Waals surface area contributed by atoms with Gasteiger partial charge in [-0.25, -0.2) is 13.8 Å². The number of nitrogens with one attached hydrogen (secondary N) is 2. The summed E-state index contributed by atoms with van der Waals surface area (Å²) >= 11 is 5.83. The van der Waals surface area contributed by atoms with Crippen LogP contribution in [0.1, 0.15) is 22.8 Å². The number of benzene rings is 3. The SMILES string of the molecule is CC(=NNC(=O)c1cccc(S(=O)(=O)Nc2ccc(Cl)cc2)c1)c1ccc2c(c1)OCO2. The molecule has 1 heterocycles. The molecular formula is C22H18ClN3O5S. The summed E-state index contributed by atoms with van der Waals surface area (Å²) < 4.78 is 38.4. The van der Waals surface area contributed by atoms with E-state index >= 15 is 0 Å². The number of ether oxygens (including phenoxy) is 2. The molecule has 8 nitrogen and oxygen atoms in total. The lowest BCUT2D eigenvalue weighted by Gasteiger charge is -2.09. The maximum atomic E-state index is 12.7. The van der Waals surface area contributed by atoms with Gasteiger partial charge in [-0.15, -0.1) is 0 Å². The Morgan fingerprint density at radius 2 is 1.72 bits per heavy atom. The van der Waals surface area contributed by atoms with Crippen molar-refractivity contribution in [1.82, 2.24) is 5.43 Å². The van der Waals surface area contributed by atoms with E-state index in [0.717, 1.165) is 5.56 Å². The normalized spacial score (nSPS) is 13.0. The lowest BCUT2D eigenvalue weighted by molar-refractivity contribution is 0.0954. The van der Waals surface area contributed by atoms with E-state index < -0.39 is 15.9 Å². The van der Waals surface area contributed by atoms with E-state index in [9.17, 15) is 13.2 Å². The van der Waals surface area contributed by atoms with Crippen molar-refractivity contribution in [3.8, 4) is 11.5 Å². The molecule has 0 bridgehead atoms. The molecular weight excluding hydrogens is 454 g/mol. The minimum absolute atomic E-state index is 0.0587. The highest BCUT2D eigenvalue weighted by molar-refractivity contribution is 7.92. The van der Waals surface area contributed by atoms with Crippen LogP contribution in [0.3, 0.4) is 0 Å². The summed E-state index contributed by atoms with van der Waals surface area (Å²) in [6.45, 7) is 1.90. The lowest BCUT2D eigenvalue weighted by Crippen LogP contribution is -2.20. The van der Waals surface area contributed by atoms with Gasteiger partial charge in [0.1, 0.15) is 0 Å². The zero-order valence-corrected chi connectivity index (χ0v) is 18.4. The fraction of sp³-hybridized carbons (Fsp3) is 0.0909. The Labute approximate surface area is 189 Å². The maximum Gasteiger partial charge on any atom is 0.271 e. The summed E-state index contributed by atoms with van der Waals surface area (Å²) in [7, 11) is -3.90. The highest BCUT2D eigenvalue weighted by Gasteiger charge is 2.17. The molecule has 164 valence electrons. The first-order valence-electron chi connectivity index (χ1n) is 9.45. The Balaban J connectivity index is 1.48. The number of carbonyl (C=O) groups excluding carboxylic acids is 1. The van der Waals surface area contributed by atoms with Crippen molar-refractivity contribution >= 4 is 38.9 Å². The van der Waals surface area contributed by atoms with Crippen molar-refractivity contribution in [1.29, 1.82) is 0 Å². The van der Waals surface area contributed by atoms with Crippen LogP contribution in [0.4, 0.5) is 5.69 Å². The average molecular weight is 472 g/mol. The van der Waals surface area contributed by atoms with Crippen molar-refractivity contribution in [2.45, 2.75) is 11.8 Å². The molecule has 1 aliphatic heterocycles. The van der Waals surface area contributed by atoms with Gasteiger partial charge in [0, 0.05) is 21.8 Å². The molecule has 32 heavy (non-hydrogen) atoms. The molecule has 3 aromatic carbocycles. The molecule has 2 N–H and O–H groups in total. The third-order valence-electron chi connectivity index (χ3n) is 4.62. The molecule has 0 aliphatic carbocycles. The van der Waals surface area contributed by atoms with Gasteiger partial charge in [0.2, 0.25) is 6.79 Å². The molecule has 0 fully saturated rings. The number of fused-ring (bicyclic) bond motifs is 1. The van der Waals surface area contributed by atoms with E-state index in [1.165, 1.54) is 24.3 Å². The first-order chi connectivity index (χ1) is 15.3. The van der Waals surface area contributed by atoms with Gasteiger partial charge in [0.05, 0.1) is 10.6 Å². The molecule has 0 unspecified atom stereocenters. The van der Waals surface area contributed by atoms with Crippen molar-refractivity contribution in [2.24, 2.45) is 5.10 Å². The van der Waals surface area contributed by atoms with Gasteiger partial charge in [0.15, 0.2) is 11.5 Å². The van der Waals surface area contributed by atoms with Gasteiger partial charge in [0.25, 0.3) is 15.9 Å². The molecule has 10 heteroatoms. The van der Waals surface area contributed by atoms with Crippen LogP contribution in [-0.2, 0) is 10.0 Å². The number of sulfonamides is 1. The predicted molar refractivity (Wildman–Crippen MR) is 121 cm³/mol. The monoisotopic (exact) mass is 471 g/mol. The van der Waals surface area contributed by atoms with E-state index in [4.69, 9.17) is 21.1 Å². The second-order valence-electron chi connectivity index (χ2n) is 6.85. The van der Waals surface area contributed by atoms with Crippen LogP contribution in [0, 0.1) is 0 Å². The van der Waals surface area contributed by atoms with Gasteiger partial charge in [-0.3, -0.25) is 9.52 Å². The number of hydrogen-bond acceptors (Lipinski definition) is 6. The fourth-order valence-electron chi connectivity index (χ4n) is 2.92. The highest BCUT2D eigenvalue weighted by atomic mass is 35.5. The van der Waals surface area contributed by atoms with Gasteiger partial charge < -0.3 is 9.47 Å². The van der Waals surface area contributed by atoms with E-state index in [1.54, 1.807) is 49.4 Å². The first kappa shape index (κ1) is 21.7. The second-order valence-corrected chi connectivity index (χ2v) is 8.97. The van der Waals surface area contributed by atoms with Gasteiger partial charge >= 0.3 is 0 Å². The highest BCUT2D eigenvalue weighted by Crippen LogP contribution is 2.32. The predicted octanol–water partition coefficient (Wildman–Crippen LogP) is 4.02. The van der Waals surface area contributed by atoms with E-state index in [2.05, 4.69) is 15.2 Å². The van der Waals surface area contributed by atoms with Crippen molar-refractivity contribution < 1.29 is 22.7 Å². The summed E-state index contributed by atoms with van der Waals surface area (Å²) in [5, 5.41) is 4.60. The molecule has 0 aromatic heterocycles. The topological polar surface area (TPSA) is 106 Å². The molecule has 0 radical (unpaired) electrons. The van der Waals surface area contributed by atoms with Gasteiger partial charge in [-0.1, -0.05) is 17.7 Å².